The minimum atomic E-state index is -1.12. The van der Waals surface area contributed by atoms with Gasteiger partial charge in [0.15, 0.2) is 0 Å². The predicted octanol–water partition coefficient (Wildman–Crippen LogP) is 0.571. The highest BCUT2D eigenvalue weighted by molar-refractivity contribution is 5.81. The maximum Gasteiger partial charge on any atom is 0.237 e. The summed E-state index contributed by atoms with van der Waals surface area (Å²) in [5.74, 6) is -0.0686. The molecule has 1 aliphatic rings. The van der Waals surface area contributed by atoms with E-state index in [1.165, 1.54) is 7.11 Å². The van der Waals surface area contributed by atoms with Gasteiger partial charge in [0.05, 0.1) is 19.2 Å². The second-order valence-electron chi connectivity index (χ2n) is 4.29. The summed E-state index contributed by atoms with van der Waals surface area (Å²) >= 11 is 0. The SMILES string of the molecule is COCC(F)CNC(=O)C1CCCCN1C. The van der Waals surface area contributed by atoms with E-state index in [9.17, 15) is 9.18 Å². The molecular formula is C11H21FN2O2. The van der Waals surface area contributed by atoms with Crippen LogP contribution in [0.4, 0.5) is 4.39 Å². The number of methoxy groups -OCH3 is 1. The third-order valence-electron chi connectivity index (χ3n) is 2.92. The molecule has 16 heavy (non-hydrogen) atoms. The van der Waals surface area contributed by atoms with Crippen LogP contribution in [0.1, 0.15) is 19.3 Å². The maximum atomic E-state index is 13.1. The van der Waals surface area contributed by atoms with Gasteiger partial charge in [-0.15, -0.1) is 0 Å². The van der Waals surface area contributed by atoms with Gasteiger partial charge in [-0.25, -0.2) is 4.39 Å². The molecule has 1 rings (SSSR count). The van der Waals surface area contributed by atoms with E-state index in [0.29, 0.717) is 0 Å². The number of hydrogen-bond acceptors (Lipinski definition) is 3. The minimum absolute atomic E-state index is 0.0286. The highest BCUT2D eigenvalue weighted by Crippen LogP contribution is 2.14. The van der Waals surface area contributed by atoms with E-state index in [1.54, 1.807) is 0 Å². The average Bonchev–Trinajstić information content (AvgIpc) is 2.27. The summed E-state index contributed by atoms with van der Waals surface area (Å²) in [5, 5.41) is 2.63. The van der Waals surface area contributed by atoms with Crippen LogP contribution in [0.25, 0.3) is 0 Å². The van der Waals surface area contributed by atoms with E-state index in [4.69, 9.17) is 0 Å². The Balaban J connectivity index is 2.28. The molecule has 4 nitrogen and oxygen atoms in total. The predicted molar refractivity (Wildman–Crippen MR) is 60.1 cm³/mol. The van der Waals surface area contributed by atoms with Crippen LogP contribution in [0, 0.1) is 0 Å². The summed E-state index contributed by atoms with van der Waals surface area (Å²) in [7, 11) is 3.38. The number of hydrogen-bond donors (Lipinski definition) is 1. The number of piperidine rings is 1. The summed E-state index contributed by atoms with van der Waals surface area (Å²) in [6.07, 6.45) is 1.95. The molecule has 2 unspecified atom stereocenters. The summed E-state index contributed by atoms with van der Waals surface area (Å²) in [6.45, 7) is 1.01. The molecule has 0 spiro atoms. The van der Waals surface area contributed by atoms with E-state index >= 15 is 0 Å². The first kappa shape index (κ1) is 13.4. The lowest BCUT2D eigenvalue weighted by Crippen LogP contribution is -2.48. The molecule has 1 saturated heterocycles. The molecule has 1 aliphatic heterocycles. The van der Waals surface area contributed by atoms with Crippen molar-refractivity contribution in [2.75, 3.05) is 33.9 Å². The Kier molecular flexibility index (Phi) is 5.69. The van der Waals surface area contributed by atoms with Gasteiger partial charge in [0.2, 0.25) is 5.91 Å². The van der Waals surface area contributed by atoms with Crippen molar-refractivity contribution >= 4 is 5.91 Å². The monoisotopic (exact) mass is 232 g/mol. The van der Waals surface area contributed by atoms with Crippen molar-refractivity contribution in [3.8, 4) is 0 Å². The first-order valence-electron chi connectivity index (χ1n) is 5.76. The largest absolute Gasteiger partial charge is 0.382 e. The molecular weight excluding hydrogens is 211 g/mol. The number of nitrogens with one attached hydrogen (secondary N) is 1. The van der Waals surface area contributed by atoms with E-state index in [-0.39, 0.29) is 25.1 Å². The van der Waals surface area contributed by atoms with E-state index in [0.717, 1.165) is 25.8 Å². The Bertz CT molecular complexity index is 226. The van der Waals surface area contributed by atoms with Crippen molar-refractivity contribution in [3.63, 3.8) is 0 Å². The Morgan fingerprint density at radius 2 is 2.38 bits per heavy atom. The number of carbonyl (C=O) groups is 1. The molecule has 94 valence electrons. The molecule has 2 atom stereocenters. The fourth-order valence-electron chi connectivity index (χ4n) is 1.98. The van der Waals surface area contributed by atoms with Crippen molar-refractivity contribution in [3.05, 3.63) is 0 Å². The van der Waals surface area contributed by atoms with E-state index < -0.39 is 6.17 Å². The number of alkyl halides is 1. The molecule has 1 fully saturated rings. The molecule has 0 aromatic rings. The van der Waals surface area contributed by atoms with Gasteiger partial charge in [-0.05, 0) is 26.4 Å². The number of likely N-dealkylation sites (N-methyl/N-ethyl adjacent to an activating group) is 1. The van der Waals surface area contributed by atoms with Crippen LogP contribution >= 0.6 is 0 Å². The minimum Gasteiger partial charge on any atom is -0.382 e. The molecule has 0 radical (unpaired) electrons. The van der Waals surface area contributed by atoms with Crippen molar-refractivity contribution in [2.24, 2.45) is 0 Å². The molecule has 5 heteroatoms. The number of nitrogens with zero attached hydrogens (tertiary/aromatic N) is 1. The smallest absolute Gasteiger partial charge is 0.237 e. The summed E-state index contributed by atoms with van der Waals surface area (Å²) in [5.41, 5.74) is 0. The fourth-order valence-corrected chi connectivity index (χ4v) is 1.98. The number of amides is 1. The lowest BCUT2D eigenvalue weighted by Gasteiger charge is -2.31. The van der Waals surface area contributed by atoms with Crippen LogP contribution in [-0.4, -0.2) is 56.9 Å². The van der Waals surface area contributed by atoms with Crippen LogP contribution in [0.15, 0.2) is 0 Å². The van der Waals surface area contributed by atoms with Gasteiger partial charge in [0.25, 0.3) is 0 Å². The Morgan fingerprint density at radius 1 is 1.62 bits per heavy atom. The Hall–Kier alpha value is -0.680. The van der Waals surface area contributed by atoms with Crippen LogP contribution in [0.2, 0.25) is 0 Å². The molecule has 1 N–H and O–H groups in total. The average molecular weight is 232 g/mol. The van der Waals surface area contributed by atoms with Crippen molar-refractivity contribution in [2.45, 2.75) is 31.5 Å². The van der Waals surface area contributed by atoms with Crippen LogP contribution in [0.3, 0.4) is 0 Å². The number of rotatable bonds is 5. The summed E-state index contributed by atoms with van der Waals surface area (Å²) in [4.78, 5) is 13.8. The molecule has 0 aromatic heterocycles. The normalized spacial score (nSPS) is 24.1. The number of ether oxygens (including phenoxy) is 1. The molecule has 1 heterocycles. The van der Waals surface area contributed by atoms with Crippen LogP contribution < -0.4 is 5.32 Å². The van der Waals surface area contributed by atoms with Gasteiger partial charge < -0.3 is 10.1 Å². The number of likely N-dealkylation sites (tertiary alicyclic amines) is 1. The van der Waals surface area contributed by atoms with Crippen molar-refractivity contribution < 1.29 is 13.9 Å². The van der Waals surface area contributed by atoms with Gasteiger partial charge in [0.1, 0.15) is 6.17 Å². The molecule has 0 bridgehead atoms. The van der Waals surface area contributed by atoms with Gasteiger partial charge in [0, 0.05) is 7.11 Å². The fraction of sp³-hybridized carbons (Fsp3) is 0.909. The lowest BCUT2D eigenvalue weighted by molar-refractivity contribution is -0.127. The maximum absolute atomic E-state index is 13.1. The quantitative estimate of drug-likeness (QED) is 0.753. The van der Waals surface area contributed by atoms with E-state index in [1.807, 2.05) is 11.9 Å². The standard InChI is InChI=1S/C11H21FN2O2/c1-14-6-4-3-5-10(14)11(15)13-7-9(12)8-16-2/h9-10H,3-8H2,1-2H3,(H,13,15). The third kappa shape index (κ3) is 4.06. The van der Waals surface area contributed by atoms with Crippen LogP contribution in [0.5, 0.6) is 0 Å². The Labute approximate surface area is 96.1 Å². The van der Waals surface area contributed by atoms with Crippen molar-refractivity contribution in [1.29, 1.82) is 0 Å². The zero-order valence-corrected chi connectivity index (χ0v) is 10.0. The first-order chi connectivity index (χ1) is 7.65. The molecule has 0 aromatic carbocycles. The van der Waals surface area contributed by atoms with E-state index in [2.05, 4.69) is 10.1 Å². The molecule has 0 saturated carbocycles. The topological polar surface area (TPSA) is 41.6 Å². The second kappa shape index (κ2) is 6.81. The molecule has 0 aliphatic carbocycles. The zero-order valence-electron chi connectivity index (χ0n) is 10.0. The lowest BCUT2D eigenvalue weighted by atomic mass is 10.0. The molecule has 1 amide bonds. The highest BCUT2D eigenvalue weighted by Gasteiger charge is 2.25. The Morgan fingerprint density at radius 3 is 3.00 bits per heavy atom. The van der Waals surface area contributed by atoms with Gasteiger partial charge in [-0.1, -0.05) is 6.42 Å². The van der Waals surface area contributed by atoms with Crippen LogP contribution in [-0.2, 0) is 9.53 Å². The second-order valence-corrected chi connectivity index (χ2v) is 4.29. The van der Waals surface area contributed by atoms with Gasteiger partial charge >= 0.3 is 0 Å². The van der Waals surface area contributed by atoms with Gasteiger partial charge in [-0.2, -0.15) is 0 Å². The first-order valence-corrected chi connectivity index (χ1v) is 5.76. The third-order valence-corrected chi connectivity index (χ3v) is 2.92. The van der Waals surface area contributed by atoms with Crippen molar-refractivity contribution in [1.82, 2.24) is 10.2 Å². The highest BCUT2D eigenvalue weighted by atomic mass is 19.1. The summed E-state index contributed by atoms with van der Waals surface area (Å²) in [6, 6.07) is -0.0940. The zero-order chi connectivity index (χ0) is 12.0. The number of carbonyl (C=O) groups excluding carboxylic acids is 1. The summed E-state index contributed by atoms with van der Waals surface area (Å²) < 4.78 is 17.7. The van der Waals surface area contributed by atoms with Gasteiger partial charge in [-0.3, -0.25) is 9.69 Å². The number of halogens is 1.